The number of fused-ring (bicyclic) bond motifs is 4. The van der Waals surface area contributed by atoms with Crippen LogP contribution in [0, 0.1) is 5.92 Å². The molecule has 4 aliphatic rings. The van der Waals surface area contributed by atoms with Crippen molar-refractivity contribution < 1.29 is 0 Å². The lowest BCUT2D eigenvalue weighted by atomic mass is 9.77. The third-order valence-electron chi connectivity index (χ3n) is 10.1. The van der Waals surface area contributed by atoms with Gasteiger partial charge in [-0.25, -0.2) is 0 Å². The van der Waals surface area contributed by atoms with Crippen LogP contribution in [-0.2, 0) is 25.7 Å². The summed E-state index contributed by atoms with van der Waals surface area (Å²) in [5.41, 5.74) is 13.2. The van der Waals surface area contributed by atoms with Crippen molar-refractivity contribution in [3.63, 3.8) is 0 Å². The van der Waals surface area contributed by atoms with Crippen LogP contribution >= 0.6 is 86.9 Å². The first kappa shape index (κ1) is 35.3. The van der Waals surface area contributed by atoms with E-state index in [1.807, 2.05) is 24.5 Å². The molecule has 0 radical (unpaired) electrons. The van der Waals surface area contributed by atoms with Gasteiger partial charge in [-0.3, -0.25) is 9.97 Å². The Bertz CT molecular complexity index is 1880. The average molecular weight is 939 g/mol. The largest absolute Gasteiger partial charge is 0.317 e. The van der Waals surface area contributed by atoms with Gasteiger partial charge in [0.25, 0.3) is 0 Å². The van der Waals surface area contributed by atoms with Crippen LogP contribution < -0.4 is 10.6 Å². The molecule has 0 spiro atoms. The van der Waals surface area contributed by atoms with Crippen molar-refractivity contribution in [1.82, 2.24) is 20.6 Å². The van der Waals surface area contributed by atoms with Gasteiger partial charge in [-0.2, -0.15) is 0 Å². The summed E-state index contributed by atoms with van der Waals surface area (Å²) < 4.78 is 4.31. The molecule has 2 N–H and O–H groups in total. The number of piperidine rings is 2. The Labute approximate surface area is 326 Å². The molecule has 4 heterocycles. The topological polar surface area (TPSA) is 49.8 Å². The Hall–Kier alpha value is -1.10. The van der Waals surface area contributed by atoms with Gasteiger partial charge in [0.1, 0.15) is 0 Å². The Kier molecular flexibility index (Phi) is 11.5. The number of aryl methyl sites for hydroxylation is 4. The highest BCUT2D eigenvalue weighted by molar-refractivity contribution is 9.11. The maximum atomic E-state index is 6.34. The molecule has 0 saturated carbocycles. The van der Waals surface area contributed by atoms with E-state index in [-0.39, 0.29) is 0 Å². The lowest BCUT2D eigenvalue weighted by Crippen LogP contribution is -2.32. The number of pyridine rings is 2. The van der Waals surface area contributed by atoms with E-state index in [0.29, 0.717) is 11.8 Å². The van der Waals surface area contributed by atoms with Crippen LogP contribution in [0.15, 0.2) is 72.3 Å². The zero-order valence-corrected chi connectivity index (χ0v) is 34.3. The SMILES string of the molecule is Clc1cc(Br)c2c(c1)CCc1cc(Br)cnc1C2=C1CCNCC1.Clc1cc(Br)c2c(c1)CCc1cc(Br)cnc1C2C1CCNCC1. The summed E-state index contributed by atoms with van der Waals surface area (Å²) in [5.74, 6) is 0.965. The van der Waals surface area contributed by atoms with Gasteiger partial charge in [0, 0.05) is 57.4 Å². The van der Waals surface area contributed by atoms with Gasteiger partial charge in [-0.05, 0) is 180 Å². The Morgan fingerprint density at radius 1 is 0.604 bits per heavy atom. The zero-order valence-electron chi connectivity index (χ0n) is 26.4. The van der Waals surface area contributed by atoms with Crippen LogP contribution in [0.2, 0.25) is 10.0 Å². The Morgan fingerprint density at radius 3 is 1.94 bits per heavy atom. The number of rotatable bonds is 1. The third-order valence-corrected chi connectivity index (χ3v) is 12.6. The van der Waals surface area contributed by atoms with Crippen molar-refractivity contribution in [3.8, 4) is 0 Å². The number of aromatic nitrogens is 2. The fourth-order valence-corrected chi connectivity index (χ4v) is 10.9. The van der Waals surface area contributed by atoms with E-state index in [1.54, 1.807) is 0 Å². The van der Waals surface area contributed by atoms with Crippen LogP contribution in [0.25, 0.3) is 5.57 Å². The second kappa shape index (κ2) is 15.6. The summed E-state index contributed by atoms with van der Waals surface area (Å²) in [5, 5.41) is 8.54. The van der Waals surface area contributed by atoms with E-state index in [2.05, 4.69) is 98.6 Å². The van der Waals surface area contributed by atoms with Gasteiger partial charge in [0.15, 0.2) is 0 Å². The highest BCUT2D eigenvalue weighted by atomic mass is 79.9. The van der Waals surface area contributed by atoms with Gasteiger partial charge in [0.2, 0.25) is 0 Å². The minimum Gasteiger partial charge on any atom is -0.317 e. The van der Waals surface area contributed by atoms with Gasteiger partial charge in [0.05, 0.1) is 11.4 Å². The molecule has 2 fully saturated rings. The molecule has 48 heavy (non-hydrogen) atoms. The molecule has 8 rings (SSSR count). The van der Waals surface area contributed by atoms with Crippen molar-refractivity contribution in [3.05, 3.63) is 127 Å². The predicted molar refractivity (Wildman–Crippen MR) is 213 cm³/mol. The molecular weight excluding hydrogens is 903 g/mol. The second-order valence-corrected chi connectivity index (χ2v) is 17.4. The maximum absolute atomic E-state index is 6.34. The van der Waals surface area contributed by atoms with Crippen molar-refractivity contribution in [2.45, 2.75) is 57.3 Å². The molecule has 4 nitrogen and oxygen atoms in total. The summed E-state index contributed by atoms with van der Waals surface area (Å²) in [6.07, 6.45) is 12.4. The van der Waals surface area contributed by atoms with E-state index in [4.69, 9.17) is 33.2 Å². The molecule has 1 unspecified atom stereocenters. The summed E-state index contributed by atoms with van der Waals surface area (Å²) >= 11 is 27.4. The first-order valence-corrected chi connectivity index (χ1v) is 20.6. The summed E-state index contributed by atoms with van der Waals surface area (Å²) in [4.78, 5) is 9.70. The minimum absolute atomic E-state index is 0.347. The van der Waals surface area contributed by atoms with Crippen LogP contribution in [-0.4, -0.2) is 36.1 Å². The fraction of sp³-hybridized carbons (Fsp3) is 0.368. The molecule has 2 aromatic heterocycles. The number of hydrogen-bond donors (Lipinski definition) is 2. The first-order chi connectivity index (χ1) is 23.3. The van der Waals surface area contributed by atoms with Gasteiger partial charge in [-0.1, -0.05) is 60.6 Å². The zero-order chi connectivity index (χ0) is 33.4. The second-order valence-electron chi connectivity index (χ2n) is 13.0. The standard InChI is InChI=1S/C19H19Br2ClN2.C19H17Br2ClN2/c2*20-14-7-13-2-1-12-8-15(22)9-16(21)17(12)18(19(13)24-10-14)11-3-5-23-6-4-11/h7-11,18,23H,1-6H2;7-10,23H,1-6H2. The van der Waals surface area contributed by atoms with Crippen molar-refractivity contribution >= 4 is 92.5 Å². The molecular formula is C38H36Br4Cl2N4. The van der Waals surface area contributed by atoms with Crippen molar-refractivity contribution in [1.29, 1.82) is 0 Å². The van der Waals surface area contributed by atoms with Gasteiger partial charge < -0.3 is 10.6 Å². The van der Waals surface area contributed by atoms with E-state index < -0.39 is 0 Å². The molecule has 0 amide bonds. The van der Waals surface area contributed by atoms with Crippen molar-refractivity contribution in [2.75, 3.05) is 26.2 Å². The maximum Gasteiger partial charge on any atom is 0.0740 e. The number of benzene rings is 2. The highest BCUT2D eigenvalue weighted by Gasteiger charge is 2.34. The molecule has 250 valence electrons. The number of halogens is 6. The highest BCUT2D eigenvalue weighted by Crippen LogP contribution is 2.46. The van der Waals surface area contributed by atoms with Gasteiger partial charge in [-0.15, -0.1) is 0 Å². The third kappa shape index (κ3) is 7.57. The molecule has 2 saturated heterocycles. The van der Waals surface area contributed by atoms with Crippen molar-refractivity contribution in [2.24, 2.45) is 5.92 Å². The van der Waals surface area contributed by atoms with Gasteiger partial charge >= 0.3 is 0 Å². The van der Waals surface area contributed by atoms with Crippen LogP contribution in [0.1, 0.15) is 76.4 Å². The number of nitrogens with one attached hydrogen (secondary N) is 2. The monoisotopic (exact) mass is 934 g/mol. The molecule has 2 aliphatic carbocycles. The van der Waals surface area contributed by atoms with E-state index in [0.717, 1.165) is 98.3 Å². The molecule has 1 atom stereocenters. The van der Waals surface area contributed by atoms with E-state index in [9.17, 15) is 0 Å². The summed E-state index contributed by atoms with van der Waals surface area (Å²) in [7, 11) is 0. The molecule has 0 bridgehead atoms. The smallest absolute Gasteiger partial charge is 0.0740 e. The normalized spacial score (nSPS) is 19.2. The predicted octanol–water partition coefficient (Wildman–Crippen LogP) is 11.0. The fourth-order valence-electron chi connectivity index (χ4n) is 7.92. The molecule has 2 aromatic carbocycles. The van der Waals surface area contributed by atoms with Crippen LogP contribution in [0.4, 0.5) is 0 Å². The van der Waals surface area contributed by atoms with E-state index >= 15 is 0 Å². The quantitative estimate of drug-likeness (QED) is 0.200. The van der Waals surface area contributed by atoms with Crippen LogP contribution in [0.3, 0.4) is 0 Å². The summed E-state index contributed by atoms with van der Waals surface area (Å²) in [6.45, 7) is 4.25. The lowest BCUT2D eigenvalue weighted by molar-refractivity contribution is 0.338. The first-order valence-electron chi connectivity index (χ1n) is 16.7. The average Bonchev–Trinajstić information content (AvgIpc) is 3.34. The number of nitrogens with zero attached hydrogens (tertiary/aromatic N) is 2. The van der Waals surface area contributed by atoms with Crippen LogP contribution in [0.5, 0.6) is 0 Å². The Morgan fingerprint density at radius 2 is 1.19 bits per heavy atom. The molecule has 2 aliphatic heterocycles. The minimum atomic E-state index is 0.347. The molecule has 4 aromatic rings. The lowest BCUT2D eigenvalue weighted by Gasteiger charge is -2.32. The van der Waals surface area contributed by atoms with E-state index in [1.165, 1.54) is 63.1 Å². The number of hydrogen-bond acceptors (Lipinski definition) is 4. The molecule has 10 heteroatoms. The Balaban J connectivity index is 0.000000152. The summed E-state index contributed by atoms with van der Waals surface area (Å²) in [6, 6.07) is 12.8.